The number of nitrogens with zero attached hydrogens (tertiary/aromatic N) is 1. The Balaban J connectivity index is 1.08. The van der Waals surface area contributed by atoms with Gasteiger partial charge in [0.15, 0.2) is 0 Å². The fraction of sp³-hybridized carbons (Fsp3) is 0.969. The van der Waals surface area contributed by atoms with Gasteiger partial charge in [-0.15, -0.1) is 0 Å². The highest BCUT2D eigenvalue weighted by Gasteiger charge is 2.65. The number of hydrogen-bond donors (Lipinski definition) is 1. The molecule has 0 amide bonds. The molecule has 1 unspecified atom stereocenters. The highest BCUT2D eigenvalue weighted by Crippen LogP contribution is 2.69. The van der Waals surface area contributed by atoms with Crippen molar-refractivity contribution >= 4 is 5.78 Å². The molecule has 0 aromatic carbocycles. The average Bonchev–Trinajstić information content (AvgIpc) is 3.33. The van der Waals surface area contributed by atoms with E-state index in [0.29, 0.717) is 46.7 Å². The summed E-state index contributed by atoms with van der Waals surface area (Å²) in [6.45, 7) is 13.7. The molecule has 0 bridgehead atoms. The van der Waals surface area contributed by atoms with Crippen LogP contribution in [0.4, 0.5) is 0 Å². The van der Waals surface area contributed by atoms with Gasteiger partial charge < -0.3 is 15.0 Å². The van der Waals surface area contributed by atoms with Crippen molar-refractivity contribution in [3.05, 3.63) is 0 Å². The zero-order valence-electron chi connectivity index (χ0n) is 23.9. The van der Waals surface area contributed by atoms with E-state index in [1.165, 1.54) is 57.9 Å². The predicted molar refractivity (Wildman–Crippen MR) is 146 cm³/mol. The third kappa shape index (κ3) is 4.15. The van der Waals surface area contributed by atoms with Crippen LogP contribution in [0, 0.1) is 52.3 Å². The van der Waals surface area contributed by atoms with Gasteiger partial charge in [-0.3, -0.25) is 4.79 Å². The maximum atomic E-state index is 12.2. The van der Waals surface area contributed by atoms with E-state index >= 15 is 0 Å². The second-order valence-electron chi connectivity index (χ2n) is 15.0. The molecule has 2 saturated heterocycles. The summed E-state index contributed by atoms with van der Waals surface area (Å²) in [5.74, 6) is 6.00. The monoisotopic (exact) mass is 498 g/mol. The summed E-state index contributed by atoms with van der Waals surface area (Å²) in [7, 11) is 2.30. The molecule has 12 atom stereocenters. The molecule has 6 aliphatic rings. The van der Waals surface area contributed by atoms with Gasteiger partial charge in [0.1, 0.15) is 5.78 Å². The number of nitrogens with one attached hydrogen (secondary N) is 1. The summed E-state index contributed by atoms with van der Waals surface area (Å²) in [5.41, 5.74) is 0.888. The second-order valence-corrected chi connectivity index (χ2v) is 15.0. The Bertz CT molecular complexity index is 831. The second kappa shape index (κ2) is 9.63. The van der Waals surface area contributed by atoms with Crippen molar-refractivity contribution in [3.8, 4) is 0 Å². The van der Waals surface area contributed by atoms with Gasteiger partial charge in [-0.25, -0.2) is 0 Å². The third-order valence-electron chi connectivity index (χ3n) is 13.3. The predicted octanol–water partition coefficient (Wildman–Crippen LogP) is 5.94. The van der Waals surface area contributed by atoms with Gasteiger partial charge in [-0.05, 0) is 117 Å². The van der Waals surface area contributed by atoms with E-state index in [2.05, 4.69) is 45.0 Å². The lowest BCUT2D eigenvalue weighted by molar-refractivity contribution is -0.140. The summed E-state index contributed by atoms with van der Waals surface area (Å²) in [5, 5.41) is 3.59. The number of ketones is 1. The molecule has 36 heavy (non-hydrogen) atoms. The van der Waals surface area contributed by atoms with Gasteiger partial charge in [0.25, 0.3) is 0 Å². The van der Waals surface area contributed by atoms with Gasteiger partial charge in [0.05, 0.1) is 12.2 Å². The number of carbonyl (C=O) groups excluding carboxylic acids is 1. The van der Waals surface area contributed by atoms with Gasteiger partial charge >= 0.3 is 0 Å². The van der Waals surface area contributed by atoms with E-state index in [-0.39, 0.29) is 0 Å². The van der Waals surface area contributed by atoms with Gasteiger partial charge in [-0.1, -0.05) is 27.7 Å². The summed E-state index contributed by atoms with van der Waals surface area (Å²) in [6.07, 6.45) is 14.5. The van der Waals surface area contributed by atoms with E-state index in [4.69, 9.17) is 4.74 Å². The number of Topliss-reactive ketones (excluding diaryl/α,β-unsaturated/α-hetero) is 1. The van der Waals surface area contributed by atoms with E-state index in [1.54, 1.807) is 0 Å². The molecule has 2 aliphatic heterocycles. The van der Waals surface area contributed by atoms with Gasteiger partial charge in [-0.2, -0.15) is 0 Å². The van der Waals surface area contributed by atoms with Crippen molar-refractivity contribution in [1.29, 1.82) is 0 Å². The Hall–Kier alpha value is -0.450. The lowest BCUT2D eigenvalue weighted by Gasteiger charge is -2.60. The molecule has 204 valence electrons. The molecule has 1 N–H and O–H groups in total. The minimum atomic E-state index is 0.420. The lowest BCUT2D eigenvalue weighted by Crippen LogP contribution is -2.54. The largest absolute Gasteiger partial charge is 0.374 e. The standard InChI is InChI=1S/C32H54N2O2/c1-20(16-23-19-33-14-15-34(23)5)6-9-28-21(2)30-29(36-28)18-27-25-8-7-22-17-24(35)10-12-31(22,3)26(25)11-13-32(27,30)4/h20-23,25-30,33H,6-19H2,1-5H3/t20-,21+,22+,23?,25+,26-,27-,28+,29-,30-,31-,32-/m0/s1. The van der Waals surface area contributed by atoms with Crippen molar-refractivity contribution in [2.24, 2.45) is 52.3 Å². The van der Waals surface area contributed by atoms with E-state index in [1.807, 2.05) is 0 Å². The SMILES string of the molecule is C[C@@H](CC[C@H]1O[C@H]2C[C@H]3[C@@H]4CC[C@@H]5CC(=O)CC[C@]5(C)[C@H]4CC[C@]3(C)[C@H]2[C@@H]1C)CC1CNCCN1C. The normalized spacial score (nSPS) is 51.8. The third-order valence-corrected chi connectivity index (χ3v) is 13.3. The van der Waals surface area contributed by atoms with Crippen LogP contribution in [0.25, 0.3) is 0 Å². The first-order valence-electron chi connectivity index (χ1n) is 15.8. The van der Waals surface area contributed by atoms with E-state index < -0.39 is 0 Å². The summed E-state index contributed by atoms with van der Waals surface area (Å²) in [6, 6.07) is 0.698. The van der Waals surface area contributed by atoms with Crippen LogP contribution in [0.1, 0.15) is 98.3 Å². The minimum absolute atomic E-state index is 0.420. The fourth-order valence-corrected chi connectivity index (χ4v) is 11.2. The Morgan fingerprint density at radius 1 is 1.14 bits per heavy atom. The maximum absolute atomic E-state index is 12.2. The van der Waals surface area contributed by atoms with Crippen molar-refractivity contribution in [1.82, 2.24) is 10.2 Å². The molecule has 4 aliphatic carbocycles. The number of carbonyl (C=O) groups is 1. The Kier molecular flexibility index (Phi) is 6.90. The van der Waals surface area contributed by atoms with Crippen LogP contribution >= 0.6 is 0 Å². The molecule has 4 saturated carbocycles. The first-order chi connectivity index (χ1) is 17.2. The molecule has 6 fully saturated rings. The number of hydrogen-bond acceptors (Lipinski definition) is 4. The smallest absolute Gasteiger partial charge is 0.133 e. The highest BCUT2D eigenvalue weighted by atomic mass is 16.5. The maximum Gasteiger partial charge on any atom is 0.133 e. The number of ether oxygens (including phenoxy) is 1. The zero-order chi connectivity index (χ0) is 25.2. The van der Waals surface area contributed by atoms with Crippen molar-refractivity contribution in [3.63, 3.8) is 0 Å². The van der Waals surface area contributed by atoms with Crippen LogP contribution < -0.4 is 5.32 Å². The van der Waals surface area contributed by atoms with Gasteiger partial charge in [0.2, 0.25) is 0 Å². The number of likely N-dealkylation sites (N-methyl/N-ethyl adjacent to an activating group) is 1. The molecular formula is C32H54N2O2. The van der Waals surface area contributed by atoms with E-state index in [9.17, 15) is 4.79 Å². The molecular weight excluding hydrogens is 444 g/mol. The molecule has 0 aromatic rings. The number of fused-ring (bicyclic) bond motifs is 7. The molecule has 4 nitrogen and oxygen atoms in total. The fourth-order valence-electron chi connectivity index (χ4n) is 11.2. The molecule has 0 radical (unpaired) electrons. The van der Waals surface area contributed by atoms with Crippen molar-refractivity contribution in [2.75, 3.05) is 26.7 Å². The van der Waals surface area contributed by atoms with Gasteiger partial charge in [0, 0.05) is 38.5 Å². The first-order valence-corrected chi connectivity index (χ1v) is 15.8. The minimum Gasteiger partial charge on any atom is -0.374 e. The van der Waals surface area contributed by atoms with Crippen molar-refractivity contribution < 1.29 is 9.53 Å². The average molecular weight is 499 g/mol. The van der Waals surface area contributed by atoms with Crippen LogP contribution in [0.15, 0.2) is 0 Å². The van der Waals surface area contributed by atoms with Crippen molar-refractivity contribution in [2.45, 2.75) is 117 Å². The molecule has 0 aromatic heterocycles. The van der Waals surface area contributed by atoms with Crippen LogP contribution in [0.3, 0.4) is 0 Å². The number of piperazine rings is 1. The Morgan fingerprint density at radius 2 is 1.97 bits per heavy atom. The molecule has 6 rings (SSSR count). The quantitative estimate of drug-likeness (QED) is 0.509. The van der Waals surface area contributed by atoms with E-state index in [0.717, 1.165) is 61.9 Å². The highest BCUT2D eigenvalue weighted by molar-refractivity contribution is 5.79. The summed E-state index contributed by atoms with van der Waals surface area (Å²) in [4.78, 5) is 14.8. The summed E-state index contributed by atoms with van der Waals surface area (Å²) < 4.78 is 6.97. The summed E-state index contributed by atoms with van der Waals surface area (Å²) >= 11 is 0. The number of rotatable bonds is 5. The lowest BCUT2D eigenvalue weighted by atomic mass is 9.44. The van der Waals surface area contributed by atoms with Crippen LogP contribution in [0.2, 0.25) is 0 Å². The molecule has 2 heterocycles. The van der Waals surface area contributed by atoms with Crippen LogP contribution in [-0.4, -0.2) is 55.6 Å². The first kappa shape index (κ1) is 25.8. The Morgan fingerprint density at radius 3 is 2.78 bits per heavy atom. The van der Waals surface area contributed by atoms with Crippen LogP contribution in [0.5, 0.6) is 0 Å². The topological polar surface area (TPSA) is 41.6 Å². The molecule has 0 spiro atoms. The zero-order valence-corrected chi connectivity index (χ0v) is 23.9. The molecule has 4 heteroatoms. The Labute approximate surface area is 221 Å². The van der Waals surface area contributed by atoms with Crippen LogP contribution in [-0.2, 0) is 9.53 Å².